The van der Waals surface area contributed by atoms with Gasteiger partial charge in [-0.2, -0.15) is 0 Å². The number of rotatable bonds is 6. The zero-order valence-corrected chi connectivity index (χ0v) is 23.8. The Kier molecular flexibility index (Phi) is 6.46. The molecule has 2 aliphatic rings. The molecule has 3 heterocycles. The van der Waals surface area contributed by atoms with Crippen LogP contribution in [-0.4, -0.2) is 40.4 Å². The largest absolute Gasteiger partial charge is 0.494 e. The van der Waals surface area contributed by atoms with E-state index in [9.17, 15) is 14.4 Å². The fourth-order valence-corrected chi connectivity index (χ4v) is 6.37. The fourth-order valence-electron chi connectivity index (χ4n) is 6.37. The molecule has 0 spiro atoms. The van der Waals surface area contributed by atoms with Crippen molar-refractivity contribution in [3.8, 4) is 5.75 Å². The first-order valence-corrected chi connectivity index (χ1v) is 14.4. The van der Waals surface area contributed by atoms with Gasteiger partial charge in [-0.3, -0.25) is 14.5 Å². The van der Waals surface area contributed by atoms with Crippen LogP contribution in [0.4, 0.5) is 16.2 Å². The summed E-state index contributed by atoms with van der Waals surface area (Å²) in [6, 6.07) is 28.1. The second-order valence-electron chi connectivity index (χ2n) is 10.8. The number of hydrogen-bond donors (Lipinski definition) is 2. The molecule has 8 nitrogen and oxygen atoms in total. The Morgan fingerprint density at radius 1 is 0.930 bits per heavy atom. The van der Waals surface area contributed by atoms with Crippen molar-refractivity contribution in [2.45, 2.75) is 32.4 Å². The van der Waals surface area contributed by atoms with Gasteiger partial charge in [0.05, 0.1) is 17.9 Å². The normalized spacial score (nSPS) is 17.6. The topological polar surface area (TPSA) is 94.7 Å². The van der Waals surface area contributed by atoms with Gasteiger partial charge in [-0.15, -0.1) is 0 Å². The van der Waals surface area contributed by atoms with Crippen molar-refractivity contribution in [1.29, 1.82) is 0 Å². The maximum absolute atomic E-state index is 14.4. The van der Waals surface area contributed by atoms with E-state index in [1.165, 1.54) is 4.90 Å². The van der Waals surface area contributed by atoms with E-state index in [4.69, 9.17) is 4.74 Å². The average Bonchev–Trinajstić information content (AvgIpc) is 3.51. The number of para-hydroxylation sites is 2. The maximum Gasteiger partial charge on any atom is 0.332 e. The van der Waals surface area contributed by atoms with Crippen molar-refractivity contribution in [2.75, 3.05) is 16.8 Å². The Morgan fingerprint density at radius 2 is 1.65 bits per heavy atom. The number of nitrogens with zero attached hydrogens (tertiary/aromatic N) is 2. The van der Waals surface area contributed by atoms with Gasteiger partial charge in [-0.05, 0) is 73.0 Å². The highest BCUT2D eigenvalue weighted by molar-refractivity contribution is 6.24. The quantitative estimate of drug-likeness (QED) is 0.225. The lowest BCUT2D eigenvalue weighted by molar-refractivity contribution is -0.120. The van der Waals surface area contributed by atoms with E-state index in [2.05, 4.69) is 16.4 Å². The fraction of sp³-hybridized carbons (Fsp3) is 0.171. The van der Waals surface area contributed by atoms with Crippen molar-refractivity contribution in [3.05, 3.63) is 125 Å². The lowest BCUT2D eigenvalue weighted by atomic mass is 9.87. The van der Waals surface area contributed by atoms with Gasteiger partial charge in [-0.25, -0.2) is 9.69 Å². The molecule has 1 fully saturated rings. The van der Waals surface area contributed by atoms with Crippen LogP contribution in [0.25, 0.3) is 10.9 Å². The highest BCUT2D eigenvalue weighted by Gasteiger charge is 2.53. The summed E-state index contributed by atoms with van der Waals surface area (Å²) in [5, 5.41) is 3.94. The highest BCUT2D eigenvalue weighted by atomic mass is 16.5. The number of aryl methyl sites for hydroxylation is 1. The molecule has 8 heteroatoms. The summed E-state index contributed by atoms with van der Waals surface area (Å²) >= 11 is 0. The molecule has 214 valence electrons. The maximum atomic E-state index is 14.4. The van der Waals surface area contributed by atoms with Crippen molar-refractivity contribution < 1.29 is 19.1 Å². The Morgan fingerprint density at radius 3 is 2.44 bits per heavy atom. The molecule has 2 unspecified atom stereocenters. The number of nitrogens with one attached hydrogen (secondary N) is 2. The van der Waals surface area contributed by atoms with E-state index >= 15 is 0 Å². The Labute approximate surface area is 248 Å². The molecular formula is C35H30N4O4. The number of urea groups is 1. The van der Waals surface area contributed by atoms with Gasteiger partial charge in [0.15, 0.2) is 0 Å². The number of hydrogen-bond acceptors (Lipinski definition) is 4. The summed E-state index contributed by atoms with van der Waals surface area (Å²) in [6.45, 7) is 4.46. The number of carbonyl (C=O) groups excluding carboxylic acids is 3. The molecule has 2 aliphatic heterocycles. The van der Waals surface area contributed by atoms with Crippen LogP contribution in [0, 0.1) is 6.92 Å². The predicted molar refractivity (Wildman–Crippen MR) is 166 cm³/mol. The van der Waals surface area contributed by atoms with Gasteiger partial charge >= 0.3 is 6.03 Å². The third-order valence-electron chi connectivity index (χ3n) is 8.34. The van der Waals surface area contributed by atoms with Crippen molar-refractivity contribution in [1.82, 2.24) is 9.88 Å². The molecule has 2 N–H and O–H groups in total. The number of aromatic nitrogens is 1. The molecule has 0 bridgehead atoms. The predicted octanol–water partition coefficient (Wildman–Crippen LogP) is 6.61. The first-order chi connectivity index (χ1) is 21.0. The van der Waals surface area contributed by atoms with Gasteiger partial charge in [-0.1, -0.05) is 54.6 Å². The van der Waals surface area contributed by atoms with Crippen LogP contribution in [0.15, 0.2) is 97.1 Å². The second-order valence-corrected chi connectivity index (χ2v) is 10.8. The van der Waals surface area contributed by atoms with Gasteiger partial charge in [0.2, 0.25) is 0 Å². The van der Waals surface area contributed by atoms with E-state index < -0.39 is 24.0 Å². The SMILES string of the molecule is CCOc1ccc(NC(=O)c2ccccc2N2C(=O)C3Cc4c([nH]c5ccccc45)C(c4ccccc4C)N3C2=O)cc1. The summed E-state index contributed by atoms with van der Waals surface area (Å²) < 4.78 is 5.49. The minimum absolute atomic E-state index is 0.231. The zero-order valence-electron chi connectivity index (χ0n) is 23.8. The molecule has 4 amide bonds. The number of imide groups is 1. The van der Waals surface area contributed by atoms with E-state index in [1.54, 1.807) is 53.4 Å². The number of H-pyrrole nitrogens is 1. The average molecular weight is 571 g/mol. The van der Waals surface area contributed by atoms with Crippen LogP contribution in [0.5, 0.6) is 5.75 Å². The number of fused-ring (bicyclic) bond motifs is 4. The van der Waals surface area contributed by atoms with Crippen LogP contribution in [0.2, 0.25) is 0 Å². The summed E-state index contributed by atoms with van der Waals surface area (Å²) in [5.41, 5.74) is 5.95. The van der Waals surface area contributed by atoms with Crippen molar-refractivity contribution in [2.24, 2.45) is 0 Å². The number of benzene rings is 4. The molecule has 0 aliphatic carbocycles. The molecule has 1 aromatic heterocycles. The smallest absolute Gasteiger partial charge is 0.332 e. The van der Waals surface area contributed by atoms with Crippen LogP contribution >= 0.6 is 0 Å². The second kappa shape index (κ2) is 10.5. The first-order valence-electron chi connectivity index (χ1n) is 14.4. The standard InChI is InChI=1S/C35H30N4O4/c1-3-43-23-18-16-22(17-19-23)36-33(40)26-13-7-9-15-29(26)39-34(41)30-20-27-25-12-6-8-14-28(25)37-31(27)32(38(30)35(39)42)24-11-5-4-10-21(24)2/h4-19,30,32,37H,3,20H2,1-2H3,(H,36,40). The van der Waals surface area contributed by atoms with Crippen LogP contribution in [-0.2, 0) is 11.2 Å². The van der Waals surface area contributed by atoms with Crippen molar-refractivity contribution in [3.63, 3.8) is 0 Å². The monoisotopic (exact) mass is 570 g/mol. The molecule has 1 saturated heterocycles. The van der Waals surface area contributed by atoms with E-state index in [0.717, 1.165) is 33.3 Å². The molecule has 0 saturated carbocycles. The number of carbonyl (C=O) groups is 3. The molecule has 5 aromatic rings. The summed E-state index contributed by atoms with van der Waals surface area (Å²) in [6.07, 6.45) is 0.378. The summed E-state index contributed by atoms with van der Waals surface area (Å²) in [5.74, 6) is -0.0654. The number of ether oxygens (including phenoxy) is 1. The van der Waals surface area contributed by atoms with Crippen LogP contribution < -0.4 is 15.0 Å². The molecular weight excluding hydrogens is 540 g/mol. The molecule has 0 radical (unpaired) electrons. The Hall–Kier alpha value is -5.37. The van der Waals surface area contributed by atoms with Gasteiger partial charge in [0.25, 0.3) is 11.8 Å². The van der Waals surface area contributed by atoms with Crippen LogP contribution in [0.1, 0.15) is 45.7 Å². The third-order valence-corrected chi connectivity index (χ3v) is 8.34. The lowest BCUT2D eigenvalue weighted by Crippen LogP contribution is -2.44. The highest BCUT2D eigenvalue weighted by Crippen LogP contribution is 2.45. The minimum atomic E-state index is -0.717. The van der Waals surface area contributed by atoms with Crippen LogP contribution in [0.3, 0.4) is 0 Å². The number of anilines is 2. The zero-order chi connectivity index (χ0) is 29.7. The minimum Gasteiger partial charge on any atom is -0.494 e. The number of aromatic amines is 1. The van der Waals surface area contributed by atoms with E-state index in [1.807, 2.05) is 56.3 Å². The first kappa shape index (κ1) is 26.5. The Bertz CT molecular complexity index is 1890. The van der Waals surface area contributed by atoms with E-state index in [-0.39, 0.29) is 17.2 Å². The van der Waals surface area contributed by atoms with Gasteiger partial charge in [0, 0.05) is 28.7 Å². The molecule has 43 heavy (non-hydrogen) atoms. The Balaban J connectivity index is 1.28. The van der Waals surface area contributed by atoms with Gasteiger partial charge < -0.3 is 15.0 Å². The molecule has 2 atom stereocenters. The van der Waals surface area contributed by atoms with Gasteiger partial charge in [0.1, 0.15) is 17.8 Å². The lowest BCUT2D eigenvalue weighted by Gasteiger charge is -2.36. The molecule has 4 aromatic carbocycles. The molecule has 7 rings (SSSR count). The summed E-state index contributed by atoms with van der Waals surface area (Å²) in [7, 11) is 0. The van der Waals surface area contributed by atoms with E-state index in [0.29, 0.717) is 24.5 Å². The van der Waals surface area contributed by atoms with Crippen molar-refractivity contribution >= 4 is 40.1 Å². The third kappa shape index (κ3) is 4.34. The summed E-state index contributed by atoms with van der Waals surface area (Å²) in [4.78, 5) is 48.6. The number of amides is 4.